The Morgan fingerprint density at radius 3 is 2.30 bits per heavy atom. The third-order valence-electron chi connectivity index (χ3n) is 4.14. The lowest BCUT2D eigenvalue weighted by Crippen LogP contribution is -2.30. The van der Waals surface area contributed by atoms with Gasteiger partial charge in [-0.15, -0.1) is 0 Å². The van der Waals surface area contributed by atoms with Gasteiger partial charge in [0.05, 0.1) is 10.8 Å². The molecule has 7 nitrogen and oxygen atoms in total. The maximum absolute atomic E-state index is 12.3. The van der Waals surface area contributed by atoms with Gasteiger partial charge in [-0.2, -0.15) is 0 Å². The third-order valence-corrected chi connectivity index (χ3v) is 5.67. The Morgan fingerprint density at radius 1 is 1.13 bits per heavy atom. The largest absolute Gasteiger partial charge is 0.481 e. The summed E-state index contributed by atoms with van der Waals surface area (Å²) in [4.78, 5) is 24.9. The molecule has 1 atom stereocenters. The van der Waals surface area contributed by atoms with E-state index in [9.17, 15) is 18.0 Å². The molecule has 1 aromatic rings. The normalized spacial score (nSPS) is 21.4. The van der Waals surface area contributed by atoms with E-state index in [1.807, 2.05) is 0 Å². The molecule has 1 aliphatic carbocycles. The molecule has 0 bridgehead atoms. The summed E-state index contributed by atoms with van der Waals surface area (Å²) in [5.41, 5.74) is 0.362. The zero-order valence-electron chi connectivity index (χ0n) is 12.4. The van der Waals surface area contributed by atoms with Crippen molar-refractivity contribution in [3.8, 4) is 0 Å². The molecule has 1 saturated heterocycles. The second kappa shape index (κ2) is 5.93. The lowest BCUT2D eigenvalue weighted by molar-refractivity contribution is -0.141. The third kappa shape index (κ3) is 3.53. The quantitative estimate of drug-likeness (QED) is 0.821. The first-order chi connectivity index (χ1) is 10.9. The van der Waals surface area contributed by atoms with E-state index in [0.717, 1.165) is 12.8 Å². The van der Waals surface area contributed by atoms with Crippen molar-refractivity contribution in [2.24, 2.45) is 5.92 Å². The smallest absolute Gasteiger partial charge is 0.308 e. The number of hydrogen-bond donors (Lipinski definition) is 2. The molecule has 2 fully saturated rings. The number of amides is 1. The minimum atomic E-state index is -3.53. The van der Waals surface area contributed by atoms with Gasteiger partial charge in [0.25, 0.3) is 5.91 Å². The van der Waals surface area contributed by atoms with Gasteiger partial charge in [-0.1, -0.05) is 0 Å². The molecule has 2 N–H and O–H groups in total. The molecule has 3 rings (SSSR count). The number of sulfonamides is 1. The number of rotatable bonds is 5. The van der Waals surface area contributed by atoms with Crippen LogP contribution in [-0.2, 0) is 14.8 Å². The molecule has 0 radical (unpaired) electrons. The van der Waals surface area contributed by atoms with E-state index < -0.39 is 21.9 Å². The maximum atomic E-state index is 12.3. The van der Waals surface area contributed by atoms with Gasteiger partial charge >= 0.3 is 5.97 Å². The first-order valence-electron chi connectivity index (χ1n) is 7.51. The lowest BCUT2D eigenvalue weighted by Gasteiger charge is -2.16. The van der Waals surface area contributed by atoms with Gasteiger partial charge in [0.15, 0.2) is 0 Å². The molecule has 23 heavy (non-hydrogen) atoms. The summed E-state index contributed by atoms with van der Waals surface area (Å²) in [7, 11) is -3.53. The molecule has 124 valence electrons. The number of benzene rings is 1. The summed E-state index contributed by atoms with van der Waals surface area (Å²) >= 11 is 0. The number of nitrogens with zero attached hydrogens (tertiary/aromatic N) is 1. The van der Waals surface area contributed by atoms with Gasteiger partial charge in [-0.05, 0) is 43.5 Å². The van der Waals surface area contributed by atoms with E-state index in [2.05, 4.69) is 4.72 Å². The Balaban J connectivity index is 1.69. The number of hydrogen-bond acceptors (Lipinski definition) is 4. The van der Waals surface area contributed by atoms with Crippen LogP contribution in [0.1, 0.15) is 29.6 Å². The molecule has 1 aromatic carbocycles. The van der Waals surface area contributed by atoms with Gasteiger partial charge in [-0.3, -0.25) is 9.59 Å². The Hall–Kier alpha value is -1.93. The predicted molar refractivity (Wildman–Crippen MR) is 81.4 cm³/mol. The van der Waals surface area contributed by atoms with Crippen LogP contribution in [0.3, 0.4) is 0 Å². The topological polar surface area (TPSA) is 104 Å². The van der Waals surface area contributed by atoms with E-state index in [1.54, 1.807) is 0 Å². The molecular weight excluding hydrogens is 320 g/mol. The van der Waals surface area contributed by atoms with E-state index >= 15 is 0 Å². The molecule has 1 unspecified atom stereocenters. The summed E-state index contributed by atoms with van der Waals surface area (Å²) in [5, 5.41) is 8.97. The average Bonchev–Trinajstić information content (AvgIpc) is 3.17. The Morgan fingerprint density at radius 2 is 1.78 bits per heavy atom. The Bertz CT molecular complexity index is 725. The molecule has 1 amide bonds. The van der Waals surface area contributed by atoms with E-state index in [4.69, 9.17) is 5.11 Å². The second-order valence-electron chi connectivity index (χ2n) is 5.99. The maximum Gasteiger partial charge on any atom is 0.308 e. The van der Waals surface area contributed by atoms with Crippen molar-refractivity contribution in [3.05, 3.63) is 29.8 Å². The summed E-state index contributed by atoms with van der Waals surface area (Å²) in [6.45, 7) is 0.594. The van der Waals surface area contributed by atoms with E-state index in [-0.39, 0.29) is 23.4 Å². The van der Waals surface area contributed by atoms with Crippen LogP contribution in [0.15, 0.2) is 29.2 Å². The SMILES string of the molecule is O=C(O)C1CCN(C(=O)c2ccc(S(=O)(=O)NC3CC3)cc2)C1. The standard InChI is InChI=1S/C15H18N2O5S/c18-14(17-8-7-11(9-17)15(19)20)10-1-5-13(6-2-10)23(21,22)16-12-3-4-12/h1-2,5-6,11-12,16H,3-4,7-9H2,(H,19,20). The first-order valence-corrected chi connectivity index (χ1v) is 8.99. The molecule has 0 aromatic heterocycles. The average molecular weight is 338 g/mol. The number of aliphatic carboxylic acids is 1. The summed E-state index contributed by atoms with van der Waals surface area (Å²) in [6, 6.07) is 5.78. The second-order valence-corrected chi connectivity index (χ2v) is 7.71. The summed E-state index contributed by atoms with van der Waals surface area (Å²) < 4.78 is 26.7. The highest BCUT2D eigenvalue weighted by Gasteiger charge is 2.32. The lowest BCUT2D eigenvalue weighted by atomic mass is 10.1. The zero-order valence-corrected chi connectivity index (χ0v) is 13.3. The zero-order chi connectivity index (χ0) is 16.6. The molecule has 0 spiro atoms. The number of carbonyl (C=O) groups is 2. The molecular formula is C15H18N2O5S. The number of carboxylic acids is 1. The fraction of sp³-hybridized carbons (Fsp3) is 0.467. The Kier molecular flexibility index (Phi) is 4.11. The first kappa shape index (κ1) is 15.9. The highest BCUT2D eigenvalue weighted by molar-refractivity contribution is 7.89. The number of likely N-dealkylation sites (tertiary alicyclic amines) is 1. The van der Waals surface area contributed by atoms with Crippen molar-refractivity contribution in [1.29, 1.82) is 0 Å². The fourth-order valence-electron chi connectivity index (χ4n) is 2.59. The van der Waals surface area contributed by atoms with Crippen molar-refractivity contribution in [2.75, 3.05) is 13.1 Å². The minimum absolute atomic E-state index is 0.0267. The van der Waals surface area contributed by atoms with Gasteiger partial charge < -0.3 is 10.0 Å². The van der Waals surface area contributed by atoms with Crippen LogP contribution >= 0.6 is 0 Å². The van der Waals surface area contributed by atoms with Crippen LogP contribution in [0.2, 0.25) is 0 Å². The predicted octanol–water partition coefficient (Wildman–Crippen LogP) is 0.674. The van der Waals surface area contributed by atoms with Crippen LogP contribution in [-0.4, -0.2) is 49.4 Å². The highest BCUT2D eigenvalue weighted by atomic mass is 32.2. The van der Waals surface area contributed by atoms with Crippen molar-refractivity contribution in [1.82, 2.24) is 9.62 Å². The number of carboxylic acid groups (broad SMARTS) is 1. The van der Waals surface area contributed by atoms with Gasteiger partial charge in [0.1, 0.15) is 0 Å². The van der Waals surface area contributed by atoms with Crippen molar-refractivity contribution < 1.29 is 23.1 Å². The van der Waals surface area contributed by atoms with Gasteiger partial charge in [0.2, 0.25) is 10.0 Å². The van der Waals surface area contributed by atoms with Crippen LogP contribution in [0.25, 0.3) is 0 Å². The van der Waals surface area contributed by atoms with Crippen LogP contribution in [0, 0.1) is 5.92 Å². The highest BCUT2D eigenvalue weighted by Crippen LogP contribution is 2.23. The molecule has 1 saturated carbocycles. The summed E-state index contributed by atoms with van der Waals surface area (Å²) in [5.74, 6) is -1.69. The van der Waals surface area contributed by atoms with E-state index in [1.165, 1.54) is 29.2 Å². The molecule has 1 heterocycles. The monoisotopic (exact) mass is 338 g/mol. The van der Waals surface area contributed by atoms with Crippen LogP contribution < -0.4 is 4.72 Å². The van der Waals surface area contributed by atoms with Crippen molar-refractivity contribution in [2.45, 2.75) is 30.2 Å². The number of nitrogens with one attached hydrogen (secondary N) is 1. The van der Waals surface area contributed by atoms with Gasteiger partial charge in [-0.25, -0.2) is 13.1 Å². The summed E-state index contributed by atoms with van der Waals surface area (Å²) in [6.07, 6.45) is 2.16. The van der Waals surface area contributed by atoms with Crippen molar-refractivity contribution in [3.63, 3.8) is 0 Å². The Labute approximate surface area is 134 Å². The molecule has 8 heteroatoms. The van der Waals surface area contributed by atoms with E-state index in [0.29, 0.717) is 18.5 Å². The van der Waals surface area contributed by atoms with Crippen LogP contribution in [0.5, 0.6) is 0 Å². The fourth-order valence-corrected chi connectivity index (χ4v) is 3.90. The minimum Gasteiger partial charge on any atom is -0.481 e. The molecule has 1 aliphatic heterocycles. The van der Waals surface area contributed by atoms with Crippen molar-refractivity contribution >= 4 is 21.9 Å². The van der Waals surface area contributed by atoms with Crippen LogP contribution in [0.4, 0.5) is 0 Å². The number of carbonyl (C=O) groups excluding carboxylic acids is 1. The molecule has 2 aliphatic rings. The van der Waals surface area contributed by atoms with Gasteiger partial charge in [0, 0.05) is 24.7 Å².